The van der Waals surface area contributed by atoms with Crippen LogP contribution in [0.4, 0.5) is 0 Å². The maximum Gasteiger partial charge on any atom is 0.326 e. The second-order valence-corrected chi connectivity index (χ2v) is 5.69. The number of carbonyl (C=O) groups is 2. The van der Waals surface area contributed by atoms with Crippen LogP contribution in [0.5, 0.6) is 11.5 Å². The summed E-state index contributed by atoms with van der Waals surface area (Å²) in [7, 11) is 1.57. The van der Waals surface area contributed by atoms with Gasteiger partial charge in [0.1, 0.15) is 6.04 Å². The Hall–Kier alpha value is -2.24. The molecule has 0 saturated carbocycles. The largest absolute Gasteiger partial charge is 0.493 e. The number of hydrogen-bond donors (Lipinski definition) is 1. The molecular formula is C17H23NO5. The minimum atomic E-state index is -0.931. The van der Waals surface area contributed by atoms with Gasteiger partial charge in [0.05, 0.1) is 20.1 Å². The highest BCUT2D eigenvalue weighted by Crippen LogP contribution is 2.28. The summed E-state index contributed by atoms with van der Waals surface area (Å²) in [5, 5.41) is 9.21. The standard InChI is InChI=1S/C17H23NO5/c1-12-6-7-14(15(11-12)22-2)23-10-8-16(19)18-9-4-3-5-13(18)17(20)21/h6-7,11,13H,3-5,8-10H2,1-2H3,(H,20,21). The number of methoxy groups -OCH3 is 1. The normalized spacial score (nSPS) is 17.7. The van der Waals surface area contributed by atoms with E-state index in [1.165, 1.54) is 4.90 Å². The van der Waals surface area contributed by atoms with Crippen LogP contribution in [0.1, 0.15) is 31.2 Å². The third-order valence-corrected chi connectivity index (χ3v) is 4.00. The summed E-state index contributed by atoms with van der Waals surface area (Å²) in [5.74, 6) is 0.0977. The summed E-state index contributed by atoms with van der Waals surface area (Å²) in [4.78, 5) is 25.0. The van der Waals surface area contributed by atoms with Gasteiger partial charge in [-0.2, -0.15) is 0 Å². The molecule has 1 atom stereocenters. The molecule has 1 aromatic rings. The Morgan fingerprint density at radius 3 is 2.78 bits per heavy atom. The number of carboxylic acids is 1. The summed E-state index contributed by atoms with van der Waals surface area (Å²) in [6.07, 6.45) is 2.37. The lowest BCUT2D eigenvalue weighted by Crippen LogP contribution is -2.48. The molecule has 0 aromatic heterocycles. The molecule has 1 aliphatic heterocycles. The maximum absolute atomic E-state index is 12.3. The molecule has 1 unspecified atom stereocenters. The Labute approximate surface area is 136 Å². The summed E-state index contributed by atoms with van der Waals surface area (Å²) >= 11 is 0. The van der Waals surface area contributed by atoms with Crippen molar-refractivity contribution in [3.8, 4) is 11.5 Å². The lowest BCUT2D eigenvalue weighted by Gasteiger charge is -2.33. The zero-order chi connectivity index (χ0) is 16.8. The molecule has 0 aliphatic carbocycles. The van der Waals surface area contributed by atoms with E-state index < -0.39 is 12.0 Å². The van der Waals surface area contributed by atoms with Crippen LogP contribution in [-0.2, 0) is 9.59 Å². The first-order valence-electron chi connectivity index (χ1n) is 7.82. The molecule has 23 heavy (non-hydrogen) atoms. The van der Waals surface area contributed by atoms with E-state index in [0.717, 1.165) is 18.4 Å². The van der Waals surface area contributed by atoms with Gasteiger partial charge in [-0.3, -0.25) is 4.79 Å². The van der Waals surface area contributed by atoms with E-state index in [2.05, 4.69) is 0 Å². The molecule has 1 N–H and O–H groups in total. The fourth-order valence-electron chi connectivity index (χ4n) is 2.77. The molecule has 0 bridgehead atoms. The molecule has 1 amide bonds. The third kappa shape index (κ3) is 4.37. The van der Waals surface area contributed by atoms with Crippen molar-refractivity contribution in [3.05, 3.63) is 23.8 Å². The average Bonchev–Trinajstić information content (AvgIpc) is 2.55. The number of rotatable bonds is 6. The number of amides is 1. The highest BCUT2D eigenvalue weighted by atomic mass is 16.5. The summed E-state index contributed by atoms with van der Waals surface area (Å²) in [5.41, 5.74) is 1.06. The van der Waals surface area contributed by atoms with Gasteiger partial charge >= 0.3 is 5.97 Å². The van der Waals surface area contributed by atoms with Gasteiger partial charge in [0.15, 0.2) is 11.5 Å². The quantitative estimate of drug-likeness (QED) is 0.869. The third-order valence-electron chi connectivity index (χ3n) is 4.00. The minimum absolute atomic E-state index is 0.154. The average molecular weight is 321 g/mol. The topological polar surface area (TPSA) is 76.1 Å². The van der Waals surface area contributed by atoms with Crippen LogP contribution < -0.4 is 9.47 Å². The Bertz CT molecular complexity index is 572. The molecule has 1 fully saturated rings. The van der Waals surface area contributed by atoms with Crippen LogP contribution in [0.15, 0.2) is 18.2 Å². The van der Waals surface area contributed by atoms with Gasteiger partial charge in [0.25, 0.3) is 0 Å². The molecule has 1 heterocycles. The predicted octanol–water partition coefficient (Wildman–Crippen LogP) is 2.24. The molecule has 6 nitrogen and oxygen atoms in total. The van der Waals surface area contributed by atoms with Crippen molar-refractivity contribution in [2.75, 3.05) is 20.3 Å². The smallest absolute Gasteiger partial charge is 0.326 e. The molecule has 1 aliphatic rings. The minimum Gasteiger partial charge on any atom is -0.493 e. The van der Waals surface area contributed by atoms with E-state index in [-0.39, 0.29) is 18.9 Å². The number of likely N-dealkylation sites (tertiary alicyclic amines) is 1. The van der Waals surface area contributed by atoms with E-state index in [1.54, 1.807) is 13.2 Å². The van der Waals surface area contributed by atoms with Crippen LogP contribution in [0.3, 0.4) is 0 Å². The zero-order valence-corrected chi connectivity index (χ0v) is 13.6. The monoisotopic (exact) mass is 321 g/mol. The SMILES string of the molecule is COc1cc(C)ccc1OCCC(=O)N1CCCCC1C(=O)O. The van der Waals surface area contributed by atoms with Crippen molar-refractivity contribution < 1.29 is 24.2 Å². The molecule has 0 radical (unpaired) electrons. The number of carboxylic acid groups (broad SMARTS) is 1. The highest BCUT2D eigenvalue weighted by Gasteiger charge is 2.31. The van der Waals surface area contributed by atoms with E-state index in [1.807, 2.05) is 19.1 Å². The fourth-order valence-corrected chi connectivity index (χ4v) is 2.77. The van der Waals surface area contributed by atoms with Crippen molar-refractivity contribution in [1.29, 1.82) is 0 Å². The Kier molecular flexibility index (Phi) is 5.84. The summed E-state index contributed by atoms with van der Waals surface area (Å²) in [6, 6.07) is 4.87. The number of carbonyl (C=O) groups excluding carboxylic acids is 1. The molecule has 2 rings (SSSR count). The van der Waals surface area contributed by atoms with Crippen molar-refractivity contribution >= 4 is 11.9 Å². The lowest BCUT2D eigenvalue weighted by molar-refractivity contribution is -0.152. The first-order chi connectivity index (χ1) is 11.0. The molecule has 1 aromatic carbocycles. The maximum atomic E-state index is 12.3. The van der Waals surface area contributed by atoms with Crippen LogP contribution in [0.2, 0.25) is 0 Å². The second-order valence-electron chi connectivity index (χ2n) is 5.69. The number of hydrogen-bond acceptors (Lipinski definition) is 4. The molecule has 6 heteroatoms. The van der Waals surface area contributed by atoms with Gasteiger partial charge in [-0.1, -0.05) is 6.07 Å². The molecule has 0 spiro atoms. The second kappa shape index (κ2) is 7.85. The number of ether oxygens (including phenoxy) is 2. The van der Waals surface area contributed by atoms with Crippen LogP contribution in [-0.4, -0.2) is 48.2 Å². The van der Waals surface area contributed by atoms with Crippen LogP contribution >= 0.6 is 0 Å². The number of nitrogens with zero attached hydrogens (tertiary/aromatic N) is 1. The Morgan fingerprint density at radius 1 is 1.30 bits per heavy atom. The lowest BCUT2D eigenvalue weighted by atomic mass is 10.0. The van der Waals surface area contributed by atoms with Crippen LogP contribution in [0, 0.1) is 6.92 Å². The molecular weight excluding hydrogens is 298 g/mol. The van der Waals surface area contributed by atoms with Crippen molar-refractivity contribution in [2.45, 2.75) is 38.6 Å². The Balaban J connectivity index is 1.90. The van der Waals surface area contributed by atoms with E-state index >= 15 is 0 Å². The molecule has 126 valence electrons. The van der Waals surface area contributed by atoms with E-state index in [9.17, 15) is 14.7 Å². The number of piperidine rings is 1. The first-order valence-corrected chi connectivity index (χ1v) is 7.82. The van der Waals surface area contributed by atoms with Crippen molar-refractivity contribution in [1.82, 2.24) is 4.90 Å². The van der Waals surface area contributed by atoms with Gasteiger partial charge in [-0.25, -0.2) is 4.79 Å². The van der Waals surface area contributed by atoms with Crippen LogP contribution in [0.25, 0.3) is 0 Å². The van der Waals surface area contributed by atoms with Gasteiger partial charge in [0, 0.05) is 6.54 Å². The number of aliphatic carboxylic acids is 1. The zero-order valence-electron chi connectivity index (χ0n) is 13.6. The summed E-state index contributed by atoms with van der Waals surface area (Å²) in [6.45, 7) is 2.66. The number of aryl methyl sites for hydroxylation is 1. The van der Waals surface area contributed by atoms with Gasteiger partial charge in [-0.05, 0) is 43.9 Å². The Morgan fingerprint density at radius 2 is 2.09 bits per heavy atom. The fraction of sp³-hybridized carbons (Fsp3) is 0.529. The van der Waals surface area contributed by atoms with Gasteiger partial charge < -0.3 is 19.5 Å². The summed E-state index contributed by atoms with van der Waals surface area (Å²) < 4.78 is 10.9. The number of benzene rings is 1. The van der Waals surface area contributed by atoms with Crippen molar-refractivity contribution in [3.63, 3.8) is 0 Å². The highest BCUT2D eigenvalue weighted by molar-refractivity contribution is 5.83. The molecule has 1 saturated heterocycles. The van der Waals surface area contributed by atoms with Crippen molar-refractivity contribution in [2.24, 2.45) is 0 Å². The predicted molar refractivity (Wildman–Crippen MR) is 84.8 cm³/mol. The van der Waals surface area contributed by atoms with Gasteiger partial charge in [-0.15, -0.1) is 0 Å². The van der Waals surface area contributed by atoms with E-state index in [0.29, 0.717) is 24.5 Å². The van der Waals surface area contributed by atoms with E-state index in [4.69, 9.17) is 9.47 Å². The van der Waals surface area contributed by atoms with Gasteiger partial charge in [0.2, 0.25) is 5.91 Å². The first kappa shape index (κ1) is 17.1.